The van der Waals surface area contributed by atoms with E-state index in [-0.39, 0.29) is 35.6 Å². The van der Waals surface area contributed by atoms with Crippen molar-refractivity contribution in [1.82, 2.24) is 4.90 Å². The normalized spacial score (nSPS) is 16.6. The number of hydrogen-bond acceptors (Lipinski definition) is 5. The molecule has 0 saturated carbocycles. The Kier molecular flexibility index (Phi) is 6.87. The second kappa shape index (κ2) is 9.37. The van der Waals surface area contributed by atoms with E-state index in [1.807, 2.05) is 0 Å². The third-order valence-corrected chi connectivity index (χ3v) is 5.81. The Labute approximate surface area is 170 Å². The lowest BCUT2D eigenvalue weighted by Gasteiger charge is -2.26. The van der Waals surface area contributed by atoms with Gasteiger partial charge in [0.2, 0.25) is 0 Å². The molecule has 0 radical (unpaired) electrons. The molecule has 2 aromatic rings. The van der Waals surface area contributed by atoms with Crippen molar-refractivity contribution in [3.8, 4) is 5.75 Å². The third kappa shape index (κ3) is 6.01. The zero-order valence-corrected chi connectivity index (χ0v) is 17.0. The maximum atomic E-state index is 13.6. The van der Waals surface area contributed by atoms with Crippen molar-refractivity contribution in [2.24, 2.45) is 0 Å². The fourth-order valence-corrected chi connectivity index (χ4v) is 3.69. The number of benzene rings is 2. The van der Waals surface area contributed by atoms with Crippen molar-refractivity contribution in [1.29, 1.82) is 0 Å². The van der Waals surface area contributed by atoms with Crippen LogP contribution in [0.3, 0.4) is 0 Å². The van der Waals surface area contributed by atoms with E-state index in [2.05, 4.69) is 0 Å². The molecule has 2 aromatic carbocycles. The summed E-state index contributed by atoms with van der Waals surface area (Å²) < 4.78 is 47.8. The molecule has 0 unspecified atom stereocenters. The Bertz CT molecular complexity index is 957. The molecule has 1 atom stereocenters. The molecule has 8 heteroatoms. The molecule has 3 rings (SSSR count). The molecule has 0 aromatic heterocycles. The largest absolute Gasteiger partial charge is 0.382 e. The fraction of sp³-hybridized carbons (Fsp3) is 0.381. The predicted molar refractivity (Wildman–Crippen MR) is 107 cm³/mol. The van der Waals surface area contributed by atoms with Gasteiger partial charge < -0.3 is 13.8 Å². The number of hydrogen-bond donors (Lipinski definition) is 0. The van der Waals surface area contributed by atoms with Crippen LogP contribution in [0.5, 0.6) is 5.75 Å². The van der Waals surface area contributed by atoms with Gasteiger partial charge in [-0.2, -0.15) is 8.42 Å². The van der Waals surface area contributed by atoms with Crippen molar-refractivity contribution in [3.63, 3.8) is 0 Å². The van der Waals surface area contributed by atoms with Gasteiger partial charge in [-0.3, -0.25) is 4.79 Å². The van der Waals surface area contributed by atoms with Gasteiger partial charge in [-0.15, -0.1) is 0 Å². The minimum atomic E-state index is -3.64. The smallest absolute Gasteiger partial charge is 0.308 e. The quantitative estimate of drug-likeness (QED) is 0.611. The Morgan fingerprint density at radius 3 is 2.72 bits per heavy atom. The van der Waals surface area contributed by atoms with Crippen LogP contribution >= 0.6 is 0 Å². The first-order chi connectivity index (χ1) is 13.9. The third-order valence-electron chi connectivity index (χ3n) is 4.66. The summed E-state index contributed by atoms with van der Waals surface area (Å²) in [5.41, 5.74) is 0.959. The minimum absolute atomic E-state index is 0.0765. The van der Waals surface area contributed by atoms with E-state index >= 15 is 0 Å². The fourth-order valence-electron chi connectivity index (χ4n) is 3.18. The van der Waals surface area contributed by atoms with Crippen molar-refractivity contribution in [2.45, 2.75) is 32.4 Å². The van der Waals surface area contributed by atoms with E-state index in [9.17, 15) is 17.6 Å². The first-order valence-corrected chi connectivity index (χ1v) is 11.1. The predicted octanol–water partition coefficient (Wildman–Crippen LogP) is 3.38. The molecule has 6 nitrogen and oxygen atoms in total. The summed E-state index contributed by atoms with van der Waals surface area (Å²) in [6.07, 6.45) is 1.71. The van der Waals surface area contributed by atoms with Gasteiger partial charge >= 0.3 is 10.1 Å². The standard InChI is InChI=1S/C21H24FNO5S/c1-2-29(25,26)28-19-9-3-6-16(12-19)14-23(15-20-10-5-11-27-20)21(24)17-7-4-8-18(22)13-17/h3-4,6-9,12-13,20H,2,5,10-11,14-15H2,1H3/t20-/m0/s1. The second-order valence-electron chi connectivity index (χ2n) is 6.91. The molecular weight excluding hydrogens is 397 g/mol. The van der Waals surface area contributed by atoms with E-state index < -0.39 is 15.9 Å². The number of carbonyl (C=O) groups is 1. The van der Waals surface area contributed by atoms with Gasteiger partial charge in [0.15, 0.2) is 0 Å². The summed E-state index contributed by atoms with van der Waals surface area (Å²) in [5.74, 6) is -0.735. The average molecular weight is 421 g/mol. The van der Waals surface area contributed by atoms with Crippen molar-refractivity contribution in [2.75, 3.05) is 18.9 Å². The molecular formula is C21H24FNO5S. The van der Waals surface area contributed by atoms with Gasteiger partial charge in [0.05, 0.1) is 11.9 Å². The van der Waals surface area contributed by atoms with Gasteiger partial charge in [-0.25, -0.2) is 4.39 Å². The molecule has 0 aliphatic carbocycles. The highest BCUT2D eigenvalue weighted by Gasteiger charge is 2.24. The molecule has 156 valence electrons. The summed E-state index contributed by atoms with van der Waals surface area (Å²) in [4.78, 5) is 14.6. The van der Waals surface area contributed by atoms with E-state index in [1.165, 1.54) is 25.1 Å². The van der Waals surface area contributed by atoms with Gasteiger partial charge in [0.25, 0.3) is 5.91 Å². The van der Waals surface area contributed by atoms with E-state index in [1.54, 1.807) is 35.2 Å². The summed E-state index contributed by atoms with van der Waals surface area (Å²) in [6.45, 7) is 2.75. The van der Waals surface area contributed by atoms with Gasteiger partial charge in [0, 0.05) is 25.3 Å². The van der Waals surface area contributed by atoms with E-state index in [0.29, 0.717) is 18.7 Å². The topological polar surface area (TPSA) is 72.9 Å². The van der Waals surface area contributed by atoms with Crippen LogP contribution in [0, 0.1) is 5.82 Å². The summed E-state index contributed by atoms with van der Waals surface area (Å²) in [6, 6.07) is 12.2. The van der Waals surface area contributed by atoms with E-state index in [4.69, 9.17) is 8.92 Å². The molecule has 1 aliphatic heterocycles. The van der Waals surface area contributed by atoms with Gasteiger partial charge in [-0.05, 0) is 55.7 Å². The molecule has 0 spiro atoms. The van der Waals surface area contributed by atoms with Gasteiger partial charge in [-0.1, -0.05) is 18.2 Å². The first-order valence-electron chi connectivity index (χ1n) is 9.54. The molecule has 1 heterocycles. The number of amides is 1. The van der Waals surface area contributed by atoms with Crippen LogP contribution in [-0.2, 0) is 21.4 Å². The molecule has 1 aliphatic rings. The Hall–Kier alpha value is -2.45. The number of rotatable bonds is 8. The lowest BCUT2D eigenvalue weighted by Crippen LogP contribution is -2.37. The molecule has 0 bridgehead atoms. The van der Waals surface area contributed by atoms with Gasteiger partial charge in [0.1, 0.15) is 11.6 Å². The van der Waals surface area contributed by atoms with Crippen LogP contribution in [0.2, 0.25) is 0 Å². The zero-order valence-electron chi connectivity index (χ0n) is 16.2. The summed E-state index contributed by atoms with van der Waals surface area (Å²) in [5, 5.41) is 0. The summed E-state index contributed by atoms with van der Waals surface area (Å²) >= 11 is 0. The highest BCUT2D eigenvalue weighted by atomic mass is 32.2. The number of ether oxygens (including phenoxy) is 1. The van der Waals surface area contributed by atoms with Crippen molar-refractivity contribution < 1.29 is 26.5 Å². The van der Waals surface area contributed by atoms with Crippen molar-refractivity contribution in [3.05, 3.63) is 65.5 Å². The van der Waals surface area contributed by atoms with Crippen LogP contribution in [0.25, 0.3) is 0 Å². The average Bonchev–Trinajstić information content (AvgIpc) is 3.20. The number of nitrogens with zero attached hydrogens (tertiary/aromatic N) is 1. The Morgan fingerprint density at radius 2 is 2.03 bits per heavy atom. The molecule has 1 amide bonds. The lowest BCUT2D eigenvalue weighted by molar-refractivity contribution is 0.0507. The zero-order chi connectivity index (χ0) is 20.9. The highest BCUT2D eigenvalue weighted by Crippen LogP contribution is 2.21. The molecule has 0 N–H and O–H groups in total. The van der Waals surface area contributed by atoms with Crippen LogP contribution in [-0.4, -0.2) is 44.2 Å². The summed E-state index contributed by atoms with van der Waals surface area (Å²) in [7, 11) is -3.64. The first kappa shape index (κ1) is 21.3. The number of halogens is 1. The van der Waals surface area contributed by atoms with Crippen LogP contribution < -0.4 is 4.18 Å². The van der Waals surface area contributed by atoms with Crippen LogP contribution in [0.1, 0.15) is 35.7 Å². The van der Waals surface area contributed by atoms with E-state index in [0.717, 1.165) is 12.8 Å². The SMILES string of the molecule is CCS(=O)(=O)Oc1cccc(CN(C[C@@H]2CCCO2)C(=O)c2cccc(F)c2)c1. The molecule has 1 saturated heterocycles. The lowest BCUT2D eigenvalue weighted by atomic mass is 10.1. The monoisotopic (exact) mass is 421 g/mol. The Morgan fingerprint density at radius 1 is 1.24 bits per heavy atom. The highest BCUT2D eigenvalue weighted by molar-refractivity contribution is 7.87. The Balaban J connectivity index is 1.82. The maximum absolute atomic E-state index is 13.6. The van der Waals surface area contributed by atoms with Crippen LogP contribution in [0.15, 0.2) is 48.5 Å². The minimum Gasteiger partial charge on any atom is -0.382 e. The van der Waals surface area contributed by atoms with Crippen molar-refractivity contribution >= 4 is 16.0 Å². The maximum Gasteiger partial charge on any atom is 0.308 e. The van der Waals surface area contributed by atoms with Crippen LogP contribution in [0.4, 0.5) is 4.39 Å². The number of carbonyl (C=O) groups excluding carboxylic acids is 1. The molecule has 1 fully saturated rings. The second-order valence-corrected chi connectivity index (χ2v) is 8.77. The molecule has 29 heavy (non-hydrogen) atoms.